The summed E-state index contributed by atoms with van der Waals surface area (Å²) in [6, 6.07) is 11.0. The number of rotatable bonds is 6. The molecule has 0 saturated carbocycles. The Balaban J connectivity index is 1.95. The van der Waals surface area contributed by atoms with Gasteiger partial charge in [-0.2, -0.15) is 0 Å². The van der Waals surface area contributed by atoms with E-state index in [1.807, 2.05) is 42.1 Å². The first kappa shape index (κ1) is 18.4. The SMILES string of the molecule is COC(=O)c1ccc(NC(c2ccc(OC)cc2)c2nccn2C)nc1C. The van der Waals surface area contributed by atoms with Crippen LogP contribution < -0.4 is 10.1 Å². The summed E-state index contributed by atoms with van der Waals surface area (Å²) in [7, 11) is 4.94. The molecule has 1 aromatic carbocycles. The summed E-state index contributed by atoms with van der Waals surface area (Å²) in [6.07, 6.45) is 3.65. The van der Waals surface area contributed by atoms with E-state index in [0.717, 1.165) is 17.1 Å². The zero-order chi connectivity index (χ0) is 19.4. The first-order valence-electron chi connectivity index (χ1n) is 8.47. The van der Waals surface area contributed by atoms with Gasteiger partial charge in [0.15, 0.2) is 0 Å². The van der Waals surface area contributed by atoms with Crippen molar-refractivity contribution in [3.8, 4) is 5.75 Å². The Hall–Kier alpha value is -3.35. The molecule has 27 heavy (non-hydrogen) atoms. The average molecular weight is 366 g/mol. The Kier molecular flexibility index (Phi) is 5.40. The van der Waals surface area contributed by atoms with Crippen LogP contribution in [-0.4, -0.2) is 34.7 Å². The molecule has 140 valence electrons. The summed E-state index contributed by atoms with van der Waals surface area (Å²) in [6.45, 7) is 1.78. The van der Waals surface area contributed by atoms with Gasteiger partial charge in [-0.1, -0.05) is 12.1 Å². The van der Waals surface area contributed by atoms with E-state index in [9.17, 15) is 4.79 Å². The Morgan fingerprint density at radius 2 is 1.89 bits per heavy atom. The molecule has 0 aliphatic carbocycles. The van der Waals surface area contributed by atoms with Gasteiger partial charge in [0, 0.05) is 19.4 Å². The normalized spacial score (nSPS) is 11.7. The lowest BCUT2D eigenvalue weighted by molar-refractivity contribution is 0.0599. The van der Waals surface area contributed by atoms with E-state index in [-0.39, 0.29) is 6.04 Å². The molecule has 7 heteroatoms. The maximum Gasteiger partial charge on any atom is 0.339 e. The van der Waals surface area contributed by atoms with Crippen molar-refractivity contribution in [1.29, 1.82) is 0 Å². The van der Waals surface area contributed by atoms with Crippen molar-refractivity contribution in [1.82, 2.24) is 14.5 Å². The topological polar surface area (TPSA) is 78.3 Å². The van der Waals surface area contributed by atoms with Gasteiger partial charge < -0.3 is 19.4 Å². The van der Waals surface area contributed by atoms with E-state index in [1.54, 1.807) is 32.4 Å². The van der Waals surface area contributed by atoms with Crippen LogP contribution >= 0.6 is 0 Å². The second kappa shape index (κ2) is 7.90. The van der Waals surface area contributed by atoms with Crippen molar-refractivity contribution in [3.05, 3.63) is 71.4 Å². The Morgan fingerprint density at radius 1 is 1.15 bits per heavy atom. The van der Waals surface area contributed by atoms with Gasteiger partial charge in [-0.3, -0.25) is 0 Å². The smallest absolute Gasteiger partial charge is 0.339 e. The third kappa shape index (κ3) is 3.92. The number of hydrogen-bond acceptors (Lipinski definition) is 6. The highest BCUT2D eigenvalue weighted by atomic mass is 16.5. The molecule has 2 heterocycles. The van der Waals surface area contributed by atoms with E-state index in [1.165, 1.54) is 7.11 Å². The van der Waals surface area contributed by atoms with Crippen molar-refractivity contribution in [2.75, 3.05) is 19.5 Å². The minimum Gasteiger partial charge on any atom is -0.497 e. The number of nitrogens with zero attached hydrogens (tertiary/aromatic N) is 3. The largest absolute Gasteiger partial charge is 0.497 e. The molecule has 3 aromatic rings. The van der Waals surface area contributed by atoms with Crippen LogP contribution in [0.25, 0.3) is 0 Å². The summed E-state index contributed by atoms with van der Waals surface area (Å²) in [5, 5.41) is 3.41. The molecule has 1 N–H and O–H groups in total. The number of methoxy groups -OCH3 is 2. The standard InChI is InChI=1S/C20H22N4O3/c1-13-16(20(25)27-4)9-10-17(22-13)23-18(19-21-11-12-24(19)2)14-5-7-15(26-3)8-6-14/h5-12,18H,1-4H3,(H,22,23). The fourth-order valence-corrected chi connectivity index (χ4v) is 2.86. The molecule has 0 aliphatic heterocycles. The van der Waals surface area contributed by atoms with Gasteiger partial charge in [0.2, 0.25) is 0 Å². The number of nitrogens with one attached hydrogen (secondary N) is 1. The number of hydrogen-bond donors (Lipinski definition) is 1. The Morgan fingerprint density at radius 3 is 2.44 bits per heavy atom. The number of benzene rings is 1. The van der Waals surface area contributed by atoms with Crippen LogP contribution in [0.3, 0.4) is 0 Å². The van der Waals surface area contributed by atoms with Gasteiger partial charge >= 0.3 is 5.97 Å². The van der Waals surface area contributed by atoms with Crippen LogP contribution in [0, 0.1) is 6.92 Å². The van der Waals surface area contributed by atoms with Crippen LogP contribution in [0.2, 0.25) is 0 Å². The van der Waals surface area contributed by atoms with Crippen molar-refractivity contribution in [2.24, 2.45) is 7.05 Å². The quantitative estimate of drug-likeness (QED) is 0.676. The average Bonchev–Trinajstić information content (AvgIpc) is 3.11. The molecule has 2 aromatic heterocycles. The van der Waals surface area contributed by atoms with Crippen LogP contribution in [0.15, 0.2) is 48.8 Å². The number of aromatic nitrogens is 3. The van der Waals surface area contributed by atoms with Crippen molar-refractivity contribution in [2.45, 2.75) is 13.0 Å². The summed E-state index contributed by atoms with van der Waals surface area (Å²) < 4.78 is 12.0. The molecule has 3 rings (SSSR count). The first-order valence-corrected chi connectivity index (χ1v) is 8.47. The van der Waals surface area contributed by atoms with Crippen molar-refractivity contribution < 1.29 is 14.3 Å². The number of carbonyl (C=O) groups is 1. The van der Waals surface area contributed by atoms with E-state index < -0.39 is 5.97 Å². The van der Waals surface area contributed by atoms with Crippen molar-refractivity contribution >= 4 is 11.8 Å². The lowest BCUT2D eigenvalue weighted by atomic mass is 10.1. The molecular formula is C20H22N4O3. The fourth-order valence-electron chi connectivity index (χ4n) is 2.86. The second-order valence-electron chi connectivity index (χ2n) is 6.07. The van der Waals surface area contributed by atoms with Crippen molar-refractivity contribution in [3.63, 3.8) is 0 Å². The summed E-state index contributed by atoms with van der Waals surface area (Å²) in [4.78, 5) is 20.8. The highest BCUT2D eigenvalue weighted by Crippen LogP contribution is 2.27. The lowest BCUT2D eigenvalue weighted by Crippen LogP contribution is -2.18. The third-order valence-corrected chi connectivity index (χ3v) is 4.35. The van der Waals surface area contributed by atoms with E-state index in [0.29, 0.717) is 17.1 Å². The number of ether oxygens (including phenoxy) is 2. The molecule has 0 aliphatic rings. The molecule has 0 amide bonds. The van der Waals surface area contributed by atoms with Gasteiger partial charge in [0.05, 0.1) is 25.5 Å². The molecular weight excluding hydrogens is 344 g/mol. The molecule has 0 fully saturated rings. The van der Waals surface area contributed by atoms with E-state index in [4.69, 9.17) is 9.47 Å². The minimum absolute atomic E-state index is 0.216. The molecule has 7 nitrogen and oxygen atoms in total. The zero-order valence-electron chi connectivity index (χ0n) is 15.8. The van der Waals surface area contributed by atoms with Gasteiger partial charge in [0.1, 0.15) is 23.4 Å². The number of imidazole rings is 1. The molecule has 0 spiro atoms. The zero-order valence-corrected chi connectivity index (χ0v) is 15.8. The van der Waals surface area contributed by atoms with E-state index in [2.05, 4.69) is 15.3 Å². The summed E-state index contributed by atoms with van der Waals surface area (Å²) in [5.74, 6) is 1.87. The number of carbonyl (C=O) groups excluding carboxylic acids is 1. The van der Waals surface area contributed by atoms with Gasteiger partial charge in [-0.05, 0) is 36.8 Å². The number of pyridine rings is 1. The third-order valence-electron chi connectivity index (χ3n) is 4.35. The molecule has 1 atom stereocenters. The molecule has 0 bridgehead atoms. The fraction of sp³-hybridized carbons (Fsp3) is 0.250. The van der Waals surface area contributed by atoms with Gasteiger partial charge in [-0.15, -0.1) is 0 Å². The molecule has 0 radical (unpaired) electrons. The van der Waals surface area contributed by atoms with Gasteiger partial charge in [-0.25, -0.2) is 14.8 Å². The Bertz CT molecular complexity index is 935. The van der Waals surface area contributed by atoms with Crippen LogP contribution in [0.1, 0.15) is 33.5 Å². The minimum atomic E-state index is -0.401. The van der Waals surface area contributed by atoms with E-state index >= 15 is 0 Å². The highest BCUT2D eigenvalue weighted by molar-refractivity contribution is 5.90. The first-order chi connectivity index (χ1) is 13.0. The maximum absolute atomic E-state index is 11.8. The second-order valence-corrected chi connectivity index (χ2v) is 6.07. The lowest BCUT2D eigenvalue weighted by Gasteiger charge is -2.20. The molecule has 1 unspecified atom stereocenters. The number of esters is 1. The number of anilines is 1. The number of aryl methyl sites for hydroxylation is 2. The van der Waals surface area contributed by atoms with Gasteiger partial charge in [0.25, 0.3) is 0 Å². The summed E-state index contributed by atoms with van der Waals surface area (Å²) in [5.41, 5.74) is 2.06. The van der Waals surface area contributed by atoms with Crippen LogP contribution in [-0.2, 0) is 11.8 Å². The molecule has 0 saturated heterocycles. The highest BCUT2D eigenvalue weighted by Gasteiger charge is 2.20. The summed E-state index contributed by atoms with van der Waals surface area (Å²) >= 11 is 0. The maximum atomic E-state index is 11.8. The predicted molar refractivity (Wildman–Crippen MR) is 102 cm³/mol. The van der Waals surface area contributed by atoms with Crippen LogP contribution in [0.5, 0.6) is 5.75 Å². The van der Waals surface area contributed by atoms with Crippen LogP contribution in [0.4, 0.5) is 5.82 Å². The monoisotopic (exact) mass is 366 g/mol. The Labute approximate surface area is 158 Å². The predicted octanol–water partition coefficient (Wildman–Crippen LogP) is 3.12.